The Morgan fingerprint density at radius 1 is 1.14 bits per heavy atom. The number of ether oxygens (including phenoxy) is 2. The average Bonchev–Trinajstić information content (AvgIpc) is 2.66. The third-order valence-electron chi connectivity index (χ3n) is 4.11. The minimum atomic E-state index is -0.381. The van der Waals surface area contributed by atoms with Crippen molar-refractivity contribution in [1.82, 2.24) is 14.9 Å². The highest BCUT2D eigenvalue weighted by Crippen LogP contribution is 2.35. The number of nitrogens with zero attached hydrogens (tertiary/aromatic N) is 3. The van der Waals surface area contributed by atoms with Gasteiger partial charge in [0, 0.05) is 22.5 Å². The second-order valence-corrected chi connectivity index (χ2v) is 7.41. The summed E-state index contributed by atoms with van der Waals surface area (Å²) in [4.78, 5) is 10.7. The number of halogens is 2. The van der Waals surface area contributed by atoms with E-state index in [-0.39, 0.29) is 5.82 Å². The normalized spacial score (nSPS) is 11.1. The van der Waals surface area contributed by atoms with Gasteiger partial charge in [-0.1, -0.05) is 15.9 Å². The zero-order chi connectivity index (χ0) is 20.1. The maximum absolute atomic E-state index is 14.2. The van der Waals surface area contributed by atoms with Gasteiger partial charge in [0.25, 0.3) is 0 Å². The Bertz CT molecular complexity index is 968. The van der Waals surface area contributed by atoms with Crippen molar-refractivity contribution in [2.24, 2.45) is 0 Å². The monoisotopic (exact) mass is 448 g/mol. The van der Waals surface area contributed by atoms with Gasteiger partial charge in [-0.15, -0.1) is 0 Å². The Morgan fingerprint density at radius 2 is 1.96 bits per heavy atom. The topological polar surface area (TPSA) is 59.5 Å². The number of fused-ring (bicyclic) bond motifs is 1. The molecule has 0 atom stereocenters. The number of anilines is 2. The quantitative estimate of drug-likeness (QED) is 0.507. The molecule has 6 nitrogen and oxygen atoms in total. The molecule has 0 spiro atoms. The summed E-state index contributed by atoms with van der Waals surface area (Å²) < 4.78 is 26.2. The van der Waals surface area contributed by atoms with Gasteiger partial charge in [-0.2, -0.15) is 0 Å². The summed E-state index contributed by atoms with van der Waals surface area (Å²) in [6.07, 6.45) is 2.33. The van der Waals surface area contributed by atoms with Crippen LogP contribution in [-0.4, -0.2) is 49.2 Å². The SMILES string of the molecule is COc1cc2c(Nc3ccc(Br)cc3F)ncnc2cc1OCCCN(C)C. The van der Waals surface area contributed by atoms with E-state index in [1.54, 1.807) is 25.3 Å². The molecule has 0 saturated heterocycles. The van der Waals surface area contributed by atoms with Crippen LogP contribution in [0.2, 0.25) is 0 Å². The van der Waals surface area contributed by atoms with E-state index in [1.807, 2.05) is 20.2 Å². The lowest BCUT2D eigenvalue weighted by atomic mass is 10.2. The second kappa shape index (κ2) is 9.16. The van der Waals surface area contributed by atoms with E-state index in [2.05, 4.69) is 36.1 Å². The molecule has 3 rings (SSSR count). The molecule has 8 heteroatoms. The summed E-state index contributed by atoms with van der Waals surface area (Å²) in [5.74, 6) is 1.30. The molecule has 0 aliphatic carbocycles. The summed E-state index contributed by atoms with van der Waals surface area (Å²) in [5, 5.41) is 3.74. The van der Waals surface area contributed by atoms with E-state index in [1.165, 1.54) is 12.4 Å². The number of benzene rings is 2. The van der Waals surface area contributed by atoms with Gasteiger partial charge in [-0.05, 0) is 44.8 Å². The molecule has 1 heterocycles. The Kier molecular flexibility index (Phi) is 6.64. The van der Waals surface area contributed by atoms with Gasteiger partial charge in [-0.3, -0.25) is 0 Å². The van der Waals surface area contributed by atoms with Crippen LogP contribution in [0.15, 0.2) is 41.1 Å². The molecule has 0 unspecified atom stereocenters. The van der Waals surface area contributed by atoms with E-state index < -0.39 is 0 Å². The standard InChI is InChI=1S/C20H22BrFN4O2/c1-26(2)7-4-8-28-19-11-17-14(10-18(19)27-3)20(24-12-23-17)25-16-6-5-13(21)9-15(16)22/h5-6,9-12H,4,7-8H2,1-3H3,(H,23,24,25). The Labute approximate surface area is 171 Å². The lowest BCUT2D eigenvalue weighted by Crippen LogP contribution is -2.15. The maximum Gasteiger partial charge on any atom is 0.163 e. The first-order chi connectivity index (χ1) is 13.5. The molecule has 3 aromatic rings. The summed E-state index contributed by atoms with van der Waals surface area (Å²) >= 11 is 3.26. The van der Waals surface area contributed by atoms with Gasteiger partial charge >= 0.3 is 0 Å². The van der Waals surface area contributed by atoms with Crippen LogP contribution in [-0.2, 0) is 0 Å². The smallest absolute Gasteiger partial charge is 0.163 e. The Hall–Kier alpha value is -2.45. The number of hydrogen-bond acceptors (Lipinski definition) is 6. The lowest BCUT2D eigenvalue weighted by molar-refractivity contribution is 0.268. The third-order valence-corrected chi connectivity index (χ3v) is 4.61. The first-order valence-corrected chi connectivity index (χ1v) is 9.59. The van der Waals surface area contributed by atoms with Gasteiger partial charge in [0.15, 0.2) is 11.5 Å². The van der Waals surface area contributed by atoms with Gasteiger partial charge in [0.2, 0.25) is 0 Å². The van der Waals surface area contributed by atoms with Crippen LogP contribution in [0.3, 0.4) is 0 Å². The Morgan fingerprint density at radius 3 is 2.68 bits per heavy atom. The van der Waals surface area contributed by atoms with Crippen molar-refractivity contribution < 1.29 is 13.9 Å². The largest absolute Gasteiger partial charge is 0.493 e. The molecule has 28 heavy (non-hydrogen) atoms. The van der Waals surface area contributed by atoms with E-state index in [4.69, 9.17) is 9.47 Å². The highest BCUT2D eigenvalue weighted by Gasteiger charge is 2.13. The van der Waals surface area contributed by atoms with Crippen LogP contribution in [0.25, 0.3) is 10.9 Å². The van der Waals surface area contributed by atoms with Crippen LogP contribution in [0, 0.1) is 5.82 Å². The molecule has 0 radical (unpaired) electrons. The third kappa shape index (κ3) is 4.88. The first-order valence-electron chi connectivity index (χ1n) is 8.80. The first kappa shape index (κ1) is 20.3. The van der Waals surface area contributed by atoms with E-state index in [0.29, 0.717) is 45.0 Å². The van der Waals surface area contributed by atoms with Gasteiger partial charge in [0.05, 0.1) is 24.9 Å². The number of methoxy groups -OCH3 is 1. The molecule has 0 bridgehead atoms. The van der Waals surface area contributed by atoms with Crippen LogP contribution < -0.4 is 14.8 Å². The predicted molar refractivity (Wildman–Crippen MR) is 112 cm³/mol. The lowest BCUT2D eigenvalue weighted by Gasteiger charge is -2.15. The molecule has 0 fully saturated rings. The van der Waals surface area contributed by atoms with Gasteiger partial charge in [0.1, 0.15) is 18.0 Å². The summed E-state index contributed by atoms with van der Waals surface area (Å²) in [6, 6.07) is 8.41. The van der Waals surface area contributed by atoms with Crippen molar-refractivity contribution in [2.45, 2.75) is 6.42 Å². The summed E-state index contributed by atoms with van der Waals surface area (Å²) in [5.41, 5.74) is 1.00. The van der Waals surface area contributed by atoms with Crippen molar-refractivity contribution >= 4 is 38.3 Å². The molecule has 1 aromatic heterocycles. The zero-order valence-electron chi connectivity index (χ0n) is 16.0. The fraction of sp³-hybridized carbons (Fsp3) is 0.300. The molecule has 148 valence electrons. The van der Waals surface area contributed by atoms with Crippen molar-refractivity contribution in [3.63, 3.8) is 0 Å². The fourth-order valence-corrected chi connectivity index (χ4v) is 3.05. The average molecular weight is 449 g/mol. The Balaban J connectivity index is 1.89. The fourth-order valence-electron chi connectivity index (χ4n) is 2.72. The van der Waals surface area contributed by atoms with Gasteiger partial charge < -0.3 is 19.7 Å². The number of rotatable bonds is 8. The molecule has 0 aliphatic rings. The molecular weight excluding hydrogens is 427 g/mol. The minimum absolute atomic E-state index is 0.325. The minimum Gasteiger partial charge on any atom is -0.493 e. The zero-order valence-corrected chi connectivity index (χ0v) is 17.6. The highest BCUT2D eigenvalue weighted by atomic mass is 79.9. The van der Waals surface area contributed by atoms with Crippen molar-refractivity contribution in [3.8, 4) is 11.5 Å². The molecular formula is C20H22BrFN4O2. The molecule has 2 aromatic carbocycles. The van der Waals surface area contributed by atoms with Crippen molar-refractivity contribution in [2.75, 3.05) is 39.7 Å². The van der Waals surface area contributed by atoms with E-state index in [9.17, 15) is 4.39 Å². The van der Waals surface area contributed by atoms with Crippen LogP contribution in [0.4, 0.5) is 15.9 Å². The summed E-state index contributed by atoms with van der Waals surface area (Å²) in [7, 11) is 5.63. The number of aromatic nitrogens is 2. The van der Waals surface area contributed by atoms with Crippen LogP contribution in [0.1, 0.15) is 6.42 Å². The van der Waals surface area contributed by atoms with Crippen molar-refractivity contribution in [1.29, 1.82) is 0 Å². The maximum atomic E-state index is 14.2. The molecule has 0 amide bonds. The molecule has 1 N–H and O–H groups in total. The van der Waals surface area contributed by atoms with Crippen LogP contribution >= 0.6 is 15.9 Å². The second-order valence-electron chi connectivity index (χ2n) is 6.50. The van der Waals surface area contributed by atoms with Gasteiger partial charge in [-0.25, -0.2) is 14.4 Å². The predicted octanol–water partition coefficient (Wildman–Crippen LogP) is 4.61. The number of nitrogens with one attached hydrogen (secondary N) is 1. The van der Waals surface area contributed by atoms with Crippen LogP contribution in [0.5, 0.6) is 11.5 Å². The van der Waals surface area contributed by atoms with E-state index in [0.717, 1.165) is 13.0 Å². The highest BCUT2D eigenvalue weighted by molar-refractivity contribution is 9.10. The summed E-state index contributed by atoms with van der Waals surface area (Å²) in [6.45, 7) is 1.51. The van der Waals surface area contributed by atoms with Crippen molar-refractivity contribution in [3.05, 3.63) is 46.9 Å². The number of hydrogen-bond donors (Lipinski definition) is 1. The molecule has 0 saturated carbocycles. The van der Waals surface area contributed by atoms with E-state index >= 15 is 0 Å². The molecule has 0 aliphatic heterocycles.